The third-order valence-corrected chi connectivity index (χ3v) is 8.68. The summed E-state index contributed by atoms with van der Waals surface area (Å²) in [6.07, 6.45) is 0.502. The number of piperazine rings is 1. The van der Waals surface area contributed by atoms with Crippen molar-refractivity contribution in [3.63, 3.8) is 0 Å². The van der Waals surface area contributed by atoms with Crippen molar-refractivity contribution in [2.45, 2.75) is 16.2 Å². The van der Waals surface area contributed by atoms with Gasteiger partial charge < -0.3 is 9.80 Å². The van der Waals surface area contributed by atoms with Gasteiger partial charge in [-0.15, -0.1) is 0 Å². The fourth-order valence-electron chi connectivity index (χ4n) is 3.52. The molecule has 3 heterocycles. The second-order valence-electron chi connectivity index (χ2n) is 6.35. The highest BCUT2D eigenvalue weighted by Gasteiger charge is 2.67. The molecule has 2 bridgehead atoms. The fraction of sp³-hybridized carbons (Fsp3) is 0.263. The number of likely N-dealkylation sites (N-methyl/N-ethyl adjacent to an activating group) is 2. The molecule has 0 N–H and O–H groups in total. The Hall–Kier alpha value is -1.92. The lowest BCUT2D eigenvalue weighted by molar-refractivity contribution is -0.164. The maximum absolute atomic E-state index is 13.4. The van der Waals surface area contributed by atoms with Crippen LogP contribution >= 0.6 is 21.6 Å². The molecule has 2 aromatic rings. The first-order chi connectivity index (χ1) is 12.0. The van der Waals surface area contributed by atoms with Gasteiger partial charge in [-0.05, 0) is 21.9 Å². The van der Waals surface area contributed by atoms with Gasteiger partial charge in [-0.3, -0.25) is 9.59 Å². The van der Waals surface area contributed by atoms with Gasteiger partial charge in [0, 0.05) is 20.5 Å². The molecule has 2 amide bonds. The van der Waals surface area contributed by atoms with E-state index >= 15 is 0 Å². The zero-order valence-corrected chi connectivity index (χ0v) is 15.6. The lowest BCUT2D eigenvalue weighted by Gasteiger charge is -2.59. The second kappa shape index (κ2) is 5.81. The van der Waals surface area contributed by atoms with Crippen LogP contribution in [0, 0.1) is 0 Å². The molecule has 2 unspecified atom stereocenters. The molecule has 4 nitrogen and oxygen atoms in total. The first-order valence-electron chi connectivity index (χ1n) is 8.05. The molecule has 0 aromatic heterocycles. The highest BCUT2D eigenvalue weighted by Crippen LogP contribution is 2.62. The van der Waals surface area contributed by atoms with E-state index in [1.165, 1.54) is 21.6 Å². The van der Waals surface area contributed by atoms with Gasteiger partial charge in [-0.25, -0.2) is 0 Å². The summed E-state index contributed by atoms with van der Waals surface area (Å²) >= 11 is 0. The van der Waals surface area contributed by atoms with Crippen molar-refractivity contribution in [1.82, 2.24) is 9.80 Å². The molecule has 0 saturated carbocycles. The summed E-state index contributed by atoms with van der Waals surface area (Å²) in [6, 6.07) is 19.4. The SMILES string of the molecule is CN1C(=O)C2(c3ccccc3)SSC1(Cc1ccccc1)C(=O)N2C. The standard InChI is InChI=1S/C19H18N2O2S2/c1-20-17(23)19(15-11-7-4-8-12-15)21(2)16(22)18(20,24-25-19)13-14-9-5-3-6-10-14/h3-12H,13H2,1-2H3. The number of carbonyl (C=O) groups is 2. The average molecular weight is 370 g/mol. The van der Waals surface area contributed by atoms with Crippen LogP contribution in [0.1, 0.15) is 11.1 Å². The van der Waals surface area contributed by atoms with Crippen molar-refractivity contribution in [3.05, 3.63) is 71.8 Å². The smallest absolute Gasteiger partial charge is 0.266 e. The molecule has 3 aliphatic heterocycles. The largest absolute Gasteiger partial charge is 0.318 e. The highest BCUT2D eigenvalue weighted by atomic mass is 33.1. The van der Waals surface area contributed by atoms with Crippen molar-refractivity contribution in [3.8, 4) is 0 Å². The molecule has 3 saturated heterocycles. The summed E-state index contributed by atoms with van der Waals surface area (Å²) in [5, 5.41) is 0. The molecule has 2 atom stereocenters. The molecule has 3 fully saturated rings. The van der Waals surface area contributed by atoms with Gasteiger partial charge in [0.1, 0.15) is 0 Å². The van der Waals surface area contributed by atoms with Gasteiger partial charge in [-0.2, -0.15) is 0 Å². The van der Waals surface area contributed by atoms with Crippen molar-refractivity contribution in [2.24, 2.45) is 0 Å². The highest BCUT2D eigenvalue weighted by molar-refractivity contribution is 8.78. The van der Waals surface area contributed by atoms with E-state index < -0.39 is 9.74 Å². The van der Waals surface area contributed by atoms with Gasteiger partial charge in [0.2, 0.25) is 4.87 Å². The Morgan fingerprint density at radius 3 is 2.04 bits per heavy atom. The summed E-state index contributed by atoms with van der Waals surface area (Å²) in [7, 11) is 6.48. The van der Waals surface area contributed by atoms with E-state index in [1.54, 1.807) is 23.9 Å². The van der Waals surface area contributed by atoms with Crippen LogP contribution in [0.15, 0.2) is 60.7 Å². The Labute approximate surface area is 155 Å². The van der Waals surface area contributed by atoms with Crippen LogP contribution in [0.25, 0.3) is 0 Å². The monoisotopic (exact) mass is 370 g/mol. The van der Waals surface area contributed by atoms with Crippen molar-refractivity contribution >= 4 is 33.4 Å². The summed E-state index contributed by atoms with van der Waals surface area (Å²) in [4.78, 5) is 28.1. The molecule has 0 radical (unpaired) electrons. The van der Waals surface area contributed by atoms with Crippen molar-refractivity contribution < 1.29 is 9.59 Å². The van der Waals surface area contributed by atoms with E-state index in [4.69, 9.17) is 0 Å². The van der Waals surface area contributed by atoms with Crippen molar-refractivity contribution in [2.75, 3.05) is 14.1 Å². The normalized spacial score (nSPS) is 28.6. The molecule has 2 aromatic carbocycles. The zero-order valence-electron chi connectivity index (χ0n) is 14.0. The van der Waals surface area contributed by atoms with Gasteiger partial charge in [0.25, 0.3) is 11.8 Å². The van der Waals surface area contributed by atoms with Gasteiger partial charge in [0.05, 0.1) is 0 Å². The third kappa shape index (κ3) is 2.17. The van der Waals surface area contributed by atoms with Gasteiger partial charge in [0.15, 0.2) is 4.87 Å². The number of hydrogen-bond donors (Lipinski definition) is 0. The maximum atomic E-state index is 13.4. The number of amides is 2. The van der Waals surface area contributed by atoms with Crippen LogP contribution in [0.2, 0.25) is 0 Å². The number of nitrogens with zero attached hydrogens (tertiary/aromatic N) is 2. The zero-order chi connectivity index (χ0) is 17.7. The molecule has 0 aliphatic carbocycles. The second-order valence-corrected chi connectivity index (χ2v) is 8.95. The first kappa shape index (κ1) is 16.5. The van der Waals surface area contributed by atoms with E-state index in [0.717, 1.165) is 11.1 Å². The number of benzene rings is 2. The van der Waals surface area contributed by atoms with Crippen molar-refractivity contribution in [1.29, 1.82) is 0 Å². The number of fused-ring (bicyclic) bond motifs is 3. The summed E-state index contributed by atoms with van der Waals surface area (Å²) in [5.74, 6) is -0.0634. The minimum absolute atomic E-state index is 0.0222. The summed E-state index contributed by atoms with van der Waals surface area (Å²) in [6.45, 7) is 0. The Kier molecular flexibility index (Phi) is 3.85. The average Bonchev–Trinajstić information content (AvgIpc) is 2.65. The minimum atomic E-state index is -0.990. The predicted molar refractivity (Wildman–Crippen MR) is 102 cm³/mol. The molecule has 5 rings (SSSR count). The fourth-order valence-corrected chi connectivity index (χ4v) is 7.38. The van der Waals surface area contributed by atoms with E-state index in [0.29, 0.717) is 6.42 Å². The molecule has 0 spiro atoms. The molecule has 128 valence electrons. The third-order valence-electron chi connectivity index (χ3n) is 5.00. The Morgan fingerprint density at radius 2 is 1.40 bits per heavy atom. The lowest BCUT2D eigenvalue weighted by Crippen LogP contribution is -2.74. The lowest BCUT2D eigenvalue weighted by atomic mass is 9.94. The number of rotatable bonds is 3. The Balaban J connectivity index is 1.79. The first-order valence-corrected chi connectivity index (χ1v) is 10.2. The quantitative estimate of drug-likeness (QED) is 0.779. The van der Waals surface area contributed by atoms with Gasteiger partial charge in [-0.1, -0.05) is 71.5 Å². The van der Waals surface area contributed by atoms with Crippen LogP contribution < -0.4 is 0 Å². The van der Waals surface area contributed by atoms with Crippen LogP contribution in [0.4, 0.5) is 0 Å². The molecular formula is C19H18N2O2S2. The predicted octanol–water partition coefficient (Wildman–Crippen LogP) is 3.10. The number of hydrogen-bond acceptors (Lipinski definition) is 4. The van der Waals surface area contributed by atoms with Gasteiger partial charge >= 0.3 is 0 Å². The maximum Gasteiger partial charge on any atom is 0.266 e. The Morgan fingerprint density at radius 1 is 0.800 bits per heavy atom. The molecule has 6 heteroatoms. The van der Waals surface area contributed by atoms with Crippen LogP contribution in [-0.4, -0.2) is 40.6 Å². The molecular weight excluding hydrogens is 352 g/mol. The van der Waals surface area contributed by atoms with Crippen LogP contribution in [0.3, 0.4) is 0 Å². The van der Waals surface area contributed by atoms with E-state index in [-0.39, 0.29) is 11.8 Å². The Bertz CT molecular complexity index is 830. The van der Waals surface area contributed by atoms with Crippen LogP contribution in [-0.2, 0) is 20.9 Å². The van der Waals surface area contributed by atoms with Crippen LogP contribution in [0.5, 0.6) is 0 Å². The topological polar surface area (TPSA) is 40.6 Å². The molecule has 25 heavy (non-hydrogen) atoms. The minimum Gasteiger partial charge on any atom is -0.318 e. The number of carbonyl (C=O) groups excluding carboxylic acids is 2. The molecule has 3 aliphatic rings. The summed E-state index contributed by atoms with van der Waals surface area (Å²) < 4.78 is 0. The van der Waals surface area contributed by atoms with E-state index in [9.17, 15) is 9.59 Å². The summed E-state index contributed by atoms with van der Waals surface area (Å²) in [5.41, 5.74) is 1.89. The van der Waals surface area contributed by atoms with E-state index in [1.807, 2.05) is 60.7 Å². The van der Waals surface area contributed by atoms with E-state index in [2.05, 4.69) is 0 Å².